The van der Waals surface area contributed by atoms with E-state index >= 15 is 0 Å². The van der Waals surface area contributed by atoms with Gasteiger partial charge in [0.1, 0.15) is 12.4 Å². The van der Waals surface area contributed by atoms with E-state index < -0.39 is 0 Å². The second-order valence-corrected chi connectivity index (χ2v) is 7.91. The van der Waals surface area contributed by atoms with E-state index in [9.17, 15) is 4.79 Å². The van der Waals surface area contributed by atoms with Gasteiger partial charge < -0.3 is 10.1 Å². The fourth-order valence-electron chi connectivity index (χ4n) is 2.66. The van der Waals surface area contributed by atoms with Crippen molar-refractivity contribution in [2.24, 2.45) is 0 Å². The molecule has 1 aromatic heterocycles. The van der Waals surface area contributed by atoms with Crippen LogP contribution in [0, 0.1) is 0 Å². The highest BCUT2D eigenvalue weighted by molar-refractivity contribution is 7.99. The molecular formula is C22H26N4O2S. The molecule has 152 valence electrons. The third kappa shape index (κ3) is 6.35. The van der Waals surface area contributed by atoms with Crippen molar-refractivity contribution >= 4 is 23.4 Å². The van der Waals surface area contributed by atoms with Crippen molar-refractivity contribution in [3.8, 4) is 5.75 Å². The van der Waals surface area contributed by atoms with Crippen LogP contribution in [0.5, 0.6) is 5.75 Å². The van der Waals surface area contributed by atoms with Gasteiger partial charge in [0.25, 0.3) is 0 Å². The predicted molar refractivity (Wildman–Crippen MR) is 116 cm³/mol. The normalized spacial score (nSPS) is 10.9. The van der Waals surface area contributed by atoms with Gasteiger partial charge in [0.05, 0.1) is 5.75 Å². The molecule has 0 unspecified atom stereocenters. The lowest BCUT2D eigenvalue weighted by atomic mass is 10.0. The van der Waals surface area contributed by atoms with Gasteiger partial charge in [0, 0.05) is 5.69 Å². The number of ether oxygens (including phenoxy) is 1. The quantitative estimate of drug-likeness (QED) is 0.495. The minimum Gasteiger partial charge on any atom is -0.486 e. The smallest absolute Gasteiger partial charge is 0.234 e. The van der Waals surface area contributed by atoms with Crippen LogP contribution in [0.3, 0.4) is 0 Å². The highest BCUT2D eigenvalue weighted by Crippen LogP contribution is 2.20. The topological polar surface area (TPSA) is 79.9 Å². The fourth-order valence-corrected chi connectivity index (χ4v) is 3.28. The summed E-state index contributed by atoms with van der Waals surface area (Å²) in [5.41, 5.74) is 3.30. The van der Waals surface area contributed by atoms with Gasteiger partial charge in [0.15, 0.2) is 5.82 Å². The number of nitrogens with one attached hydrogen (secondary N) is 2. The number of carbonyl (C=O) groups is 1. The van der Waals surface area contributed by atoms with E-state index in [4.69, 9.17) is 4.74 Å². The first-order valence-electron chi connectivity index (χ1n) is 9.69. The number of nitrogens with zero attached hydrogens (tertiary/aromatic N) is 2. The number of amides is 1. The van der Waals surface area contributed by atoms with Crippen LogP contribution in [0.2, 0.25) is 0 Å². The molecule has 0 bridgehead atoms. The van der Waals surface area contributed by atoms with Crippen LogP contribution in [0.1, 0.15) is 43.6 Å². The molecule has 0 atom stereocenters. The van der Waals surface area contributed by atoms with E-state index in [0.717, 1.165) is 17.9 Å². The van der Waals surface area contributed by atoms with Crippen molar-refractivity contribution in [2.75, 3.05) is 11.1 Å². The number of thioether (sulfide) groups is 1. The first-order valence-corrected chi connectivity index (χ1v) is 10.7. The fraction of sp³-hybridized carbons (Fsp3) is 0.318. The minimum atomic E-state index is -0.0907. The number of H-pyrrole nitrogens is 1. The van der Waals surface area contributed by atoms with Crippen LogP contribution in [0.25, 0.3) is 0 Å². The Bertz CT molecular complexity index is 921. The summed E-state index contributed by atoms with van der Waals surface area (Å²) in [6, 6.07) is 15.9. The standard InChI is InChI=1S/C22H26N4O2S/c1-4-16-5-9-18(10-6-16)23-21(27)14-29-22-24-20(25-26-22)13-28-19-11-7-17(8-12-19)15(2)3/h5-12,15H,4,13-14H2,1-3H3,(H,23,27)(H,24,25,26). The number of benzene rings is 2. The molecule has 1 heterocycles. The van der Waals surface area contributed by atoms with Crippen LogP contribution in [0.15, 0.2) is 53.7 Å². The Morgan fingerprint density at radius 2 is 1.86 bits per heavy atom. The van der Waals surface area contributed by atoms with Crippen molar-refractivity contribution in [2.45, 2.75) is 44.9 Å². The number of aryl methyl sites for hydroxylation is 1. The van der Waals surface area contributed by atoms with Gasteiger partial charge in [-0.15, -0.1) is 5.10 Å². The monoisotopic (exact) mass is 410 g/mol. The average Bonchev–Trinajstić information content (AvgIpc) is 3.19. The largest absolute Gasteiger partial charge is 0.486 e. The Morgan fingerprint density at radius 3 is 2.52 bits per heavy atom. The molecule has 1 amide bonds. The average molecular weight is 411 g/mol. The molecule has 0 saturated carbocycles. The molecule has 2 aromatic carbocycles. The van der Waals surface area contributed by atoms with E-state index in [1.165, 1.54) is 22.9 Å². The minimum absolute atomic E-state index is 0.0907. The van der Waals surface area contributed by atoms with E-state index in [-0.39, 0.29) is 11.7 Å². The van der Waals surface area contributed by atoms with Gasteiger partial charge in [-0.1, -0.05) is 56.8 Å². The molecule has 0 aliphatic carbocycles. The Labute approximate surface area is 175 Å². The number of aromatic nitrogens is 3. The van der Waals surface area contributed by atoms with Crippen molar-refractivity contribution in [3.05, 3.63) is 65.5 Å². The Kier molecular flexibility index (Phi) is 7.30. The van der Waals surface area contributed by atoms with Crippen LogP contribution >= 0.6 is 11.8 Å². The summed E-state index contributed by atoms with van der Waals surface area (Å²) < 4.78 is 5.74. The molecule has 0 spiro atoms. The summed E-state index contributed by atoms with van der Waals surface area (Å²) in [7, 11) is 0. The summed E-state index contributed by atoms with van der Waals surface area (Å²) in [4.78, 5) is 16.5. The predicted octanol–water partition coefficient (Wildman–Crippen LogP) is 4.80. The zero-order valence-corrected chi connectivity index (χ0v) is 17.8. The van der Waals surface area contributed by atoms with Crippen LogP contribution in [-0.4, -0.2) is 26.8 Å². The van der Waals surface area contributed by atoms with E-state index in [1.807, 2.05) is 36.4 Å². The van der Waals surface area contributed by atoms with Gasteiger partial charge in [-0.25, -0.2) is 4.98 Å². The number of aromatic amines is 1. The lowest BCUT2D eigenvalue weighted by molar-refractivity contribution is -0.113. The highest BCUT2D eigenvalue weighted by atomic mass is 32.2. The number of rotatable bonds is 9. The van der Waals surface area contributed by atoms with Gasteiger partial charge >= 0.3 is 0 Å². The zero-order valence-electron chi connectivity index (χ0n) is 16.9. The molecule has 29 heavy (non-hydrogen) atoms. The van der Waals surface area contributed by atoms with Gasteiger partial charge in [-0.05, 0) is 47.7 Å². The van der Waals surface area contributed by atoms with E-state index in [2.05, 4.69) is 53.4 Å². The zero-order chi connectivity index (χ0) is 20.6. The third-order valence-electron chi connectivity index (χ3n) is 4.41. The molecule has 0 aliphatic heterocycles. The molecule has 0 aliphatic rings. The lowest BCUT2D eigenvalue weighted by Crippen LogP contribution is -2.14. The van der Waals surface area contributed by atoms with Crippen LogP contribution in [-0.2, 0) is 17.8 Å². The highest BCUT2D eigenvalue weighted by Gasteiger charge is 2.09. The molecule has 0 fully saturated rings. The molecule has 6 nitrogen and oxygen atoms in total. The molecular weight excluding hydrogens is 384 g/mol. The van der Waals surface area contributed by atoms with Crippen LogP contribution < -0.4 is 10.1 Å². The number of anilines is 1. The number of carbonyl (C=O) groups excluding carboxylic acids is 1. The third-order valence-corrected chi connectivity index (χ3v) is 5.26. The molecule has 0 radical (unpaired) electrons. The van der Waals surface area contributed by atoms with Crippen molar-refractivity contribution in [3.63, 3.8) is 0 Å². The summed E-state index contributed by atoms with van der Waals surface area (Å²) >= 11 is 1.28. The van der Waals surface area contributed by atoms with E-state index in [1.54, 1.807) is 0 Å². The van der Waals surface area contributed by atoms with E-state index in [0.29, 0.717) is 23.5 Å². The molecule has 7 heteroatoms. The number of hydrogen-bond donors (Lipinski definition) is 2. The van der Waals surface area contributed by atoms with Gasteiger partial charge in [-0.3, -0.25) is 9.89 Å². The first-order chi connectivity index (χ1) is 14.0. The molecule has 0 saturated heterocycles. The van der Waals surface area contributed by atoms with Crippen molar-refractivity contribution in [1.29, 1.82) is 0 Å². The first kappa shape index (κ1) is 20.9. The second-order valence-electron chi connectivity index (χ2n) is 6.96. The maximum Gasteiger partial charge on any atom is 0.234 e. The summed E-state index contributed by atoms with van der Waals surface area (Å²) in [5, 5.41) is 10.4. The molecule has 2 N–H and O–H groups in total. The summed E-state index contributed by atoms with van der Waals surface area (Å²) in [6.45, 7) is 6.71. The maximum absolute atomic E-state index is 12.1. The second kappa shape index (κ2) is 10.1. The summed E-state index contributed by atoms with van der Waals surface area (Å²) in [6.07, 6.45) is 0.976. The Hall–Kier alpha value is -2.80. The molecule has 3 rings (SSSR count). The van der Waals surface area contributed by atoms with Gasteiger partial charge in [0.2, 0.25) is 11.1 Å². The number of hydrogen-bond acceptors (Lipinski definition) is 5. The lowest BCUT2D eigenvalue weighted by Gasteiger charge is -2.07. The summed E-state index contributed by atoms with van der Waals surface area (Å²) in [5.74, 6) is 2.05. The van der Waals surface area contributed by atoms with Crippen LogP contribution in [0.4, 0.5) is 5.69 Å². The maximum atomic E-state index is 12.1. The SMILES string of the molecule is CCc1ccc(NC(=O)CSc2n[nH]c(COc3ccc(C(C)C)cc3)n2)cc1. The van der Waals surface area contributed by atoms with Crippen molar-refractivity contribution in [1.82, 2.24) is 15.2 Å². The Morgan fingerprint density at radius 1 is 1.14 bits per heavy atom. The molecule has 3 aromatic rings. The Balaban J connectivity index is 1.44. The van der Waals surface area contributed by atoms with Gasteiger partial charge in [-0.2, -0.15) is 0 Å². The van der Waals surface area contributed by atoms with Crippen molar-refractivity contribution < 1.29 is 9.53 Å².